The highest BCUT2D eigenvalue weighted by Gasteiger charge is 2.36. The maximum absolute atomic E-state index is 14.0. The number of rotatable bonds is 6. The maximum Gasteiger partial charge on any atom is 0.226 e. The first-order valence-electron chi connectivity index (χ1n) is 8.61. The molecule has 1 aromatic carbocycles. The number of furan rings is 1. The van der Waals surface area contributed by atoms with Gasteiger partial charge in [-0.2, -0.15) is 0 Å². The molecule has 1 aliphatic heterocycles. The highest BCUT2D eigenvalue weighted by Crippen LogP contribution is 2.32. The van der Waals surface area contributed by atoms with E-state index in [1.165, 1.54) is 6.07 Å². The average molecular weight is 377 g/mol. The number of oxime groups is 1. The fraction of sp³-hybridized carbons (Fsp3) is 0.368. The van der Waals surface area contributed by atoms with Crippen LogP contribution in [0, 0.1) is 11.7 Å². The molecular formula is C19H18ClFN2O3. The number of carbonyl (C=O) groups is 1. The van der Waals surface area contributed by atoms with E-state index in [1.54, 1.807) is 35.2 Å². The van der Waals surface area contributed by atoms with E-state index in [0.717, 1.165) is 12.8 Å². The summed E-state index contributed by atoms with van der Waals surface area (Å²) in [7, 11) is 0. The third-order valence-corrected chi connectivity index (χ3v) is 4.78. The van der Waals surface area contributed by atoms with Gasteiger partial charge in [0.2, 0.25) is 5.91 Å². The van der Waals surface area contributed by atoms with Crippen molar-refractivity contribution in [3.8, 4) is 0 Å². The largest absolute Gasteiger partial charge is 0.443 e. The lowest BCUT2D eigenvalue weighted by molar-refractivity contribution is -0.135. The van der Waals surface area contributed by atoms with Crippen molar-refractivity contribution in [2.24, 2.45) is 11.1 Å². The van der Waals surface area contributed by atoms with Gasteiger partial charge in [0.25, 0.3) is 0 Å². The van der Waals surface area contributed by atoms with Crippen molar-refractivity contribution in [2.45, 2.75) is 31.9 Å². The molecular weight excluding hydrogens is 359 g/mol. The van der Waals surface area contributed by atoms with Gasteiger partial charge in [-0.1, -0.05) is 23.4 Å². The monoisotopic (exact) mass is 376 g/mol. The Morgan fingerprint density at radius 3 is 2.77 bits per heavy atom. The molecule has 136 valence electrons. The molecule has 0 spiro atoms. The molecule has 2 aliphatic rings. The Kier molecular flexibility index (Phi) is 4.68. The molecule has 2 heterocycles. The molecule has 7 heteroatoms. The van der Waals surface area contributed by atoms with Gasteiger partial charge in [-0.05, 0) is 42.6 Å². The molecule has 0 radical (unpaired) electrons. The molecule has 2 aromatic rings. The predicted octanol–water partition coefficient (Wildman–Crippen LogP) is 4.00. The van der Waals surface area contributed by atoms with Crippen LogP contribution < -0.4 is 0 Å². The topological polar surface area (TPSA) is 55.0 Å². The van der Waals surface area contributed by atoms with Gasteiger partial charge in [-0.15, -0.1) is 0 Å². The minimum Gasteiger partial charge on any atom is -0.443 e. The summed E-state index contributed by atoms with van der Waals surface area (Å²) in [6.07, 6.45) is 2.01. The van der Waals surface area contributed by atoms with E-state index >= 15 is 0 Å². The van der Waals surface area contributed by atoms with Gasteiger partial charge in [0, 0.05) is 24.4 Å². The lowest BCUT2D eigenvalue weighted by atomic mass is 10.1. The number of amides is 1. The average Bonchev–Trinajstić information content (AvgIpc) is 3.23. The van der Waals surface area contributed by atoms with E-state index in [2.05, 4.69) is 5.16 Å². The number of benzene rings is 1. The van der Waals surface area contributed by atoms with Gasteiger partial charge in [0.05, 0.1) is 6.54 Å². The summed E-state index contributed by atoms with van der Waals surface area (Å²) < 4.78 is 19.4. The van der Waals surface area contributed by atoms with Crippen LogP contribution in [0.25, 0.3) is 0 Å². The van der Waals surface area contributed by atoms with Gasteiger partial charge in [0.15, 0.2) is 17.1 Å². The fourth-order valence-corrected chi connectivity index (χ4v) is 3.19. The van der Waals surface area contributed by atoms with E-state index in [1.807, 2.05) is 0 Å². The number of hydrogen-bond acceptors (Lipinski definition) is 4. The molecule has 0 saturated heterocycles. The molecule has 1 aromatic heterocycles. The van der Waals surface area contributed by atoms with E-state index in [0.29, 0.717) is 30.0 Å². The quantitative estimate of drug-likeness (QED) is 0.765. The van der Waals surface area contributed by atoms with Gasteiger partial charge in [-0.25, -0.2) is 4.39 Å². The molecule has 5 nitrogen and oxygen atoms in total. The summed E-state index contributed by atoms with van der Waals surface area (Å²) in [6.45, 7) is 0.578. The minimum atomic E-state index is -0.310. The normalized spacial score (nSPS) is 19.2. The Hall–Kier alpha value is -2.34. The van der Waals surface area contributed by atoms with Crippen molar-refractivity contribution in [1.29, 1.82) is 0 Å². The Morgan fingerprint density at radius 2 is 2.08 bits per heavy atom. The zero-order chi connectivity index (χ0) is 18.1. The molecule has 1 aliphatic carbocycles. The van der Waals surface area contributed by atoms with E-state index in [-0.39, 0.29) is 35.5 Å². The van der Waals surface area contributed by atoms with Gasteiger partial charge >= 0.3 is 0 Å². The minimum absolute atomic E-state index is 0.0475. The third kappa shape index (κ3) is 3.75. The molecule has 1 fully saturated rings. The van der Waals surface area contributed by atoms with Crippen LogP contribution in [-0.4, -0.2) is 29.2 Å². The van der Waals surface area contributed by atoms with Crippen LogP contribution in [0.1, 0.15) is 30.6 Å². The smallest absolute Gasteiger partial charge is 0.226 e. The zero-order valence-corrected chi connectivity index (χ0v) is 14.8. The molecule has 1 atom stereocenters. The third-order valence-electron chi connectivity index (χ3n) is 4.57. The zero-order valence-electron chi connectivity index (χ0n) is 14.0. The van der Waals surface area contributed by atoms with Crippen LogP contribution in [0.3, 0.4) is 0 Å². The summed E-state index contributed by atoms with van der Waals surface area (Å²) in [4.78, 5) is 19.8. The lowest BCUT2D eigenvalue weighted by Crippen LogP contribution is -2.38. The maximum atomic E-state index is 14.0. The number of carbonyl (C=O) groups excluding carboxylic acids is 1. The van der Waals surface area contributed by atoms with Crippen molar-refractivity contribution >= 4 is 23.2 Å². The number of hydrogen-bond donors (Lipinski definition) is 0. The van der Waals surface area contributed by atoms with Gasteiger partial charge < -0.3 is 14.2 Å². The van der Waals surface area contributed by atoms with E-state index in [9.17, 15) is 9.18 Å². The Morgan fingerprint density at radius 1 is 1.27 bits per heavy atom. The predicted molar refractivity (Wildman–Crippen MR) is 94.3 cm³/mol. The second-order valence-electron chi connectivity index (χ2n) is 6.66. The molecule has 1 saturated carbocycles. The fourth-order valence-electron chi connectivity index (χ4n) is 3.04. The standard InChI is InChI=1S/C19H18ClFN2O3/c20-18-8-7-17(25-18)16-9-14(26-22-16)11-23(19(24)12-5-6-12)10-13-3-1-2-4-15(13)21/h1-4,7-8,12,14H,5-6,9-11H2/t14-/m1/s1. The van der Waals surface area contributed by atoms with Gasteiger partial charge in [-0.3, -0.25) is 4.79 Å². The summed E-state index contributed by atoms with van der Waals surface area (Å²) in [5, 5.41) is 4.34. The van der Waals surface area contributed by atoms with Crippen molar-refractivity contribution in [1.82, 2.24) is 4.90 Å². The molecule has 0 N–H and O–H groups in total. The summed E-state index contributed by atoms with van der Waals surface area (Å²) in [5.74, 6) is 0.348. The first-order valence-corrected chi connectivity index (χ1v) is 8.98. The van der Waals surface area contributed by atoms with E-state index < -0.39 is 0 Å². The Balaban J connectivity index is 1.44. The van der Waals surface area contributed by atoms with Crippen molar-refractivity contribution < 1.29 is 18.4 Å². The highest BCUT2D eigenvalue weighted by molar-refractivity contribution is 6.29. The van der Waals surface area contributed by atoms with Crippen molar-refractivity contribution in [3.05, 3.63) is 58.8 Å². The Bertz CT molecular complexity index is 847. The highest BCUT2D eigenvalue weighted by atomic mass is 35.5. The summed E-state index contributed by atoms with van der Waals surface area (Å²) >= 11 is 5.80. The second-order valence-corrected chi connectivity index (χ2v) is 7.03. The van der Waals surface area contributed by atoms with Crippen LogP contribution >= 0.6 is 11.6 Å². The lowest BCUT2D eigenvalue weighted by Gasteiger charge is -2.25. The number of halogens is 2. The molecule has 26 heavy (non-hydrogen) atoms. The first-order chi connectivity index (χ1) is 12.6. The summed E-state index contributed by atoms with van der Waals surface area (Å²) in [5.41, 5.74) is 1.16. The van der Waals surface area contributed by atoms with Crippen LogP contribution in [0.15, 0.2) is 46.0 Å². The van der Waals surface area contributed by atoms with Crippen LogP contribution in [0.2, 0.25) is 5.22 Å². The SMILES string of the molecule is O=C(C1CC1)N(Cc1ccccc1F)C[C@H]1CC(c2ccc(Cl)o2)=NO1. The summed E-state index contributed by atoms with van der Waals surface area (Å²) in [6, 6.07) is 9.90. The first kappa shape index (κ1) is 17.1. The van der Waals surface area contributed by atoms with E-state index in [4.69, 9.17) is 20.9 Å². The van der Waals surface area contributed by atoms with Gasteiger partial charge in [0.1, 0.15) is 11.5 Å². The molecule has 0 bridgehead atoms. The van der Waals surface area contributed by atoms with Crippen LogP contribution in [0.5, 0.6) is 0 Å². The molecule has 4 rings (SSSR count). The van der Waals surface area contributed by atoms with Crippen molar-refractivity contribution in [3.63, 3.8) is 0 Å². The molecule has 1 amide bonds. The van der Waals surface area contributed by atoms with Crippen LogP contribution in [-0.2, 0) is 16.2 Å². The number of nitrogens with zero attached hydrogens (tertiary/aromatic N) is 2. The second kappa shape index (κ2) is 7.11. The van der Waals surface area contributed by atoms with Crippen molar-refractivity contribution in [2.75, 3.05) is 6.54 Å². The van der Waals surface area contributed by atoms with Crippen LogP contribution in [0.4, 0.5) is 4.39 Å². The Labute approximate surface area is 155 Å². The molecule has 0 unspecified atom stereocenters.